The highest BCUT2D eigenvalue weighted by molar-refractivity contribution is 7.71. The second-order valence-electron chi connectivity index (χ2n) is 4.63. The van der Waals surface area contributed by atoms with Crippen molar-refractivity contribution in [2.45, 2.75) is 13.0 Å². The number of nitrogens with zero attached hydrogens (tertiary/aromatic N) is 3. The minimum atomic E-state index is -0.0399. The molecule has 0 bridgehead atoms. The summed E-state index contributed by atoms with van der Waals surface area (Å²) in [7, 11) is 0. The fourth-order valence-corrected chi connectivity index (χ4v) is 2.88. The minimum Gasteiger partial charge on any atom is -0.291 e. The molecule has 4 nitrogen and oxygen atoms in total. The molecule has 0 aliphatic heterocycles. The lowest BCUT2D eigenvalue weighted by Crippen LogP contribution is -2.09. The van der Waals surface area contributed by atoms with E-state index in [0.717, 1.165) is 11.3 Å². The number of hydrogen-bond acceptors (Lipinski definition) is 3. The van der Waals surface area contributed by atoms with Gasteiger partial charge in [-0.1, -0.05) is 35.9 Å². The van der Waals surface area contributed by atoms with Crippen LogP contribution >= 0.6 is 23.8 Å². The summed E-state index contributed by atoms with van der Waals surface area (Å²) in [5.74, 6) is 0.702. The van der Waals surface area contributed by atoms with E-state index in [1.807, 2.05) is 54.0 Å². The average molecular weight is 317 g/mol. The van der Waals surface area contributed by atoms with Crippen LogP contribution in [0.4, 0.5) is 0 Å². The van der Waals surface area contributed by atoms with Gasteiger partial charge in [-0.15, -0.1) is 0 Å². The third kappa shape index (κ3) is 2.62. The zero-order valence-corrected chi connectivity index (χ0v) is 12.9. The first-order chi connectivity index (χ1) is 10.2. The Morgan fingerprint density at radius 1 is 1.19 bits per heavy atom. The van der Waals surface area contributed by atoms with E-state index in [2.05, 4.69) is 15.2 Å². The van der Waals surface area contributed by atoms with Gasteiger partial charge >= 0.3 is 0 Å². The topological polar surface area (TPSA) is 46.5 Å². The molecule has 21 heavy (non-hydrogen) atoms. The van der Waals surface area contributed by atoms with Gasteiger partial charge in [-0.05, 0) is 42.9 Å². The highest BCUT2D eigenvalue weighted by Crippen LogP contribution is 2.28. The molecule has 0 spiro atoms. The first-order valence-electron chi connectivity index (χ1n) is 6.51. The number of pyridine rings is 1. The van der Waals surface area contributed by atoms with E-state index in [1.165, 1.54) is 0 Å². The Hall–Kier alpha value is -1.98. The number of rotatable bonds is 3. The molecular formula is C15H13ClN4S. The van der Waals surface area contributed by atoms with Crippen LogP contribution in [0, 0.1) is 4.77 Å². The number of benzene rings is 1. The maximum absolute atomic E-state index is 6.29. The highest BCUT2D eigenvalue weighted by Gasteiger charge is 2.18. The Morgan fingerprint density at radius 3 is 2.67 bits per heavy atom. The highest BCUT2D eigenvalue weighted by atomic mass is 35.5. The number of nitrogens with one attached hydrogen (secondary N) is 1. The molecule has 0 radical (unpaired) electrons. The molecule has 0 fully saturated rings. The molecule has 0 aliphatic carbocycles. The molecule has 1 aromatic carbocycles. The normalized spacial score (nSPS) is 12.3. The third-order valence-electron chi connectivity index (χ3n) is 3.34. The third-order valence-corrected chi connectivity index (χ3v) is 3.97. The lowest BCUT2D eigenvalue weighted by atomic mass is 10.1. The lowest BCUT2D eigenvalue weighted by Gasteiger charge is -2.17. The molecule has 0 amide bonds. The van der Waals surface area contributed by atoms with Crippen LogP contribution in [0.1, 0.15) is 18.5 Å². The molecule has 106 valence electrons. The van der Waals surface area contributed by atoms with Crippen LogP contribution in [0.25, 0.3) is 11.5 Å². The molecule has 3 rings (SSSR count). The molecule has 0 aliphatic rings. The first-order valence-corrected chi connectivity index (χ1v) is 7.30. The number of halogens is 1. The van der Waals surface area contributed by atoms with E-state index in [0.29, 0.717) is 15.6 Å². The van der Waals surface area contributed by atoms with Gasteiger partial charge in [0.25, 0.3) is 0 Å². The van der Waals surface area contributed by atoms with Gasteiger partial charge in [-0.3, -0.25) is 14.6 Å². The van der Waals surface area contributed by atoms with Gasteiger partial charge in [-0.25, -0.2) is 0 Å². The maximum Gasteiger partial charge on any atom is 0.196 e. The summed E-state index contributed by atoms with van der Waals surface area (Å²) in [6.07, 6.45) is 1.73. The van der Waals surface area contributed by atoms with Crippen LogP contribution in [0.3, 0.4) is 0 Å². The summed E-state index contributed by atoms with van der Waals surface area (Å²) in [6, 6.07) is 13.4. The summed E-state index contributed by atoms with van der Waals surface area (Å²) < 4.78 is 2.47. The summed E-state index contributed by atoms with van der Waals surface area (Å²) >= 11 is 11.7. The van der Waals surface area contributed by atoms with Crippen molar-refractivity contribution in [3.05, 3.63) is 64.0 Å². The Balaban J connectivity index is 2.14. The van der Waals surface area contributed by atoms with Gasteiger partial charge in [0.1, 0.15) is 5.69 Å². The second-order valence-corrected chi connectivity index (χ2v) is 5.43. The molecule has 1 N–H and O–H groups in total. The van der Waals surface area contributed by atoms with Gasteiger partial charge < -0.3 is 0 Å². The van der Waals surface area contributed by atoms with E-state index in [1.54, 1.807) is 6.20 Å². The molecular weight excluding hydrogens is 304 g/mol. The van der Waals surface area contributed by atoms with E-state index in [9.17, 15) is 0 Å². The van der Waals surface area contributed by atoms with Crippen LogP contribution in [-0.2, 0) is 0 Å². The molecule has 1 unspecified atom stereocenters. The van der Waals surface area contributed by atoms with Crippen molar-refractivity contribution >= 4 is 23.8 Å². The maximum atomic E-state index is 6.29. The molecule has 0 saturated carbocycles. The van der Waals surface area contributed by atoms with E-state index in [-0.39, 0.29) is 6.04 Å². The minimum absolute atomic E-state index is 0.0399. The monoisotopic (exact) mass is 316 g/mol. The van der Waals surface area contributed by atoms with Crippen molar-refractivity contribution in [1.82, 2.24) is 19.7 Å². The largest absolute Gasteiger partial charge is 0.291 e. The van der Waals surface area contributed by atoms with E-state index < -0.39 is 0 Å². The summed E-state index contributed by atoms with van der Waals surface area (Å²) in [5, 5.41) is 7.85. The molecule has 1 atom stereocenters. The van der Waals surface area contributed by atoms with Crippen molar-refractivity contribution in [2.24, 2.45) is 0 Å². The Kier molecular flexibility index (Phi) is 3.86. The van der Waals surface area contributed by atoms with Crippen LogP contribution in [0.2, 0.25) is 5.02 Å². The summed E-state index contributed by atoms with van der Waals surface area (Å²) in [4.78, 5) is 4.34. The fraction of sp³-hybridized carbons (Fsp3) is 0.133. The van der Waals surface area contributed by atoms with Crippen molar-refractivity contribution < 1.29 is 0 Å². The van der Waals surface area contributed by atoms with Crippen molar-refractivity contribution in [3.8, 4) is 11.5 Å². The Morgan fingerprint density at radius 2 is 1.95 bits per heavy atom. The predicted molar refractivity (Wildman–Crippen MR) is 85.9 cm³/mol. The SMILES string of the molecule is CC(c1ccccc1Cl)n1c(-c2ccccn2)n[nH]c1=S. The zero-order valence-electron chi connectivity index (χ0n) is 11.3. The van der Waals surface area contributed by atoms with Crippen molar-refractivity contribution in [1.29, 1.82) is 0 Å². The molecule has 6 heteroatoms. The van der Waals surface area contributed by atoms with Gasteiger partial charge in [0, 0.05) is 11.2 Å². The zero-order chi connectivity index (χ0) is 14.8. The number of aromatic amines is 1. The lowest BCUT2D eigenvalue weighted by molar-refractivity contribution is 0.634. The van der Waals surface area contributed by atoms with Crippen LogP contribution in [0.5, 0.6) is 0 Å². The van der Waals surface area contributed by atoms with E-state index in [4.69, 9.17) is 23.8 Å². The predicted octanol–water partition coefficient (Wildman–Crippen LogP) is 4.27. The van der Waals surface area contributed by atoms with Crippen molar-refractivity contribution in [2.75, 3.05) is 0 Å². The van der Waals surface area contributed by atoms with Gasteiger partial charge in [-0.2, -0.15) is 5.10 Å². The quantitative estimate of drug-likeness (QED) is 0.734. The first kappa shape index (κ1) is 14.0. The molecule has 0 saturated heterocycles. The smallest absolute Gasteiger partial charge is 0.196 e. The molecule has 2 aromatic heterocycles. The molecule has 2 heterocycles. The number of H-pyrrole nitrogens is 1. The van der Waals surface area contributed by atoms with Crippen molar-refractivity contribution in [3.63, 3.8) is 0 Å². The van der Waals surface area contributed by atoms with Crippen LogP contribution < -0.4 is 0 Å². The fourth-order valence-electron chi connectivity index (χ4n) is 2.29. The standard InChI is InChI=1S/C15H13ClN4S/c1-10(11-6-2-3-7-12(11)16)20-14(18-19-15(20)21)13-8-4-5-9-17-13/h2-10H,1H3,(H,19,21). The second kappa shape index (κ2) is 5.79. The van der Waals surface area contributed by atoms with Crippen LogP contribution in [-0.4, -0.2) is 19.7 Å². The average Bonchev–Trinajstić information content (AvgIpc) is 2.90. The molecule has 3 aromatic rings. The van der Waals surface area contributed by atoms with Gasteiger partial charge in [0.15, 0.2) is 10.6 Å². The number of hydrogen-bond donors (Lipinski definition) is 1. The number of aromatic nitrogens is 4. The Bertz CT molecular complexity index is 810. The van der Waals surface area contributed by atoms with Gasteiger partial charge in [0.05, 0.1) is 6.04 Å². The van der Waals surface area contributed by atoms with Crippen LogP contribution in [0.15, 0.2) is 48.7 Å². The Labute approximate surface area is 132 Å². The van der Waals surface area contributed by atoms with E-state index >= 15 is 0 Å². The summed E-state index contributed by atoms with van der Waals surface area (Å²) in [6.45, 7) is 2.04. The van der Waals surface area contributed by atoms with Gasteiger partial charge in [0.2, 0.25) is 0 Å². The summed E-state index contributed by atoms with van der Waals surface area (Å²) in [5.41, 5.74) is 1.76.